The van der Waals surface area contributed by atoms with E-state index in [-0.39, 0.29) is 24.5 Å². The molecule has 0 aliphatic rings. The fourth-order valence-corrected chi connectivity index (χ4v) is 3.29. The molecule has 10 N–H and O–H groups in total. The summed E-state index contributed by atoms with van der Waals surface area (Å²) in [7, 11) is 0. The fourth-order valence-electron chi connectivity index (χ4n) is 3.29. The monoisotopic (exact) mass is 523 g/mol. The molecule has 37 heavy (non-hydrogen) atoms. The quantitative estimate of drug-likeness (QED) is 0.128. The first-order chi connectivity index (χ1) is 17.2. The van der Waals surface area contributed by atoms with Crippen molar-refractivity contribution in [1.82, 2.24) is 16.0 Å². The third-order valence-electron chi connectivity index (χ3n) is 5.10. The summed E-state index contributed by atoms with van der Waals surface area (Å²) in [6, 6.07) is 0.194. The van der Waals surface area contributed by atoms with Crippen LogP contribution in [0.15, 0.2) is 24.3 Å². The van der Waals surface area contributed by atoms with Gasteiger partial charge in [-0.2, -0.15) is 0 Å². The molecule has 0 fully saturated rings. The van der Waals surface area contributed by atoms with E-state index in [0.717, 1.165) is 0 Å². The van der Waals surface area contributed by atoms with Gasteiger partial charge in [0.05, 0.1) is 18.9 Å². The van der Waals surface area contributed by atoms with Crippen LogP contribution < -0.4 is 27.4 Å². The molecule has 0 saturated carbocycles. The normalized spacial score (nSPS) is 14.1. The number of aromatic hydroxyl groups is 1. The summed E-state index contributed by atoms with van der Waals surface area (Å²) in [5, 5.41) is 34.6. The van der Waals surface area contributed by atoms with Crippen LogP contribution in [0.3, 0.4) is 0 Å². The second kappa shape index (κ2) is 14.4. The standard InChI is InChI=1S/C23H33N5O9/c1-11(2)7-15(21(34)28-17(23(36)37)9-18(25)30)27-22(35)16(10-19(31)32)26-20(33)14(24)8-12-3-5-13(29)6-4-12/h3-6,11,14-17,29H,7-10,24H2,1-2H3,(H2,25,30)(H,26,33)(H,27,35)(H,28,34)(H,31,32)(H,36,37). The molecule has 14 nitrogen and oxygen atoms in total. The number of rotatable bonds is 15. The van der Waals surface area contributed by atoms with Crippen LogP contribution in [0.25, 0.3) is 0 Å². The molecular weight excluding hydrogens is 490 g/mol. The molecule has 1 aromatic rings. The third-order valence-corrected chi connectivity index (χ3v) is 5.10. The number of nitrogens with one attached hydrogen (secondary N) is 3. The number of carbonyl (C=O) groups is 6. The maximum absolute atomic E-state index is 12.9. The predicted octanol–water partition coefficient (Wildman–Crippen LogP) is -1.80. The van der Waals surface area contributed by atoms with Crippen molar-refractivity contribution >= 4 is 35.6 Å². The zero-order valence-corrected chi connectivity index (χ0v) is 20.5. The highest BCUT2D eigenvalue weighted by Crippen LogP contribution is 2.11. The van der Waals surface area contributed by atoms with Crippen molar-refractivity contribution in [3.8, 4) is 5.75 Å². The SMILES string of the molecule is CC(C)CC(NC(=O)C(CC(=O)O)NC(=O)C(N)Cc1ccc(O)cc1)C(=O)NC(CC(N)=O)C(=O)O. The van der Waals surface area contributed by atoms with E-state index in [2.05, 4.69) is 16.0 Å². The number of amides is 4. The van der Waals surface area contributed by atoms with E-state index in [1.54, 1.807) is 26.0 Å². The van der Waals surface area contributed by atoms with Crippen molar-refractivity contribution in [3.05, 3.63) is 29.8 Å². The first-order valence-corrected chi connectivity index (χ1v) is 11.4. The smallest absolute Gasteiger partial charge is 0.326 e. The molecule has 1 rings (SSSR count). The van der Waals surface area contributed by atoms with Crippen molar-refractivity contribution in [3.63, 3.8) is 0 Å². The van der Waals surface area contributed by atoms with Crippen LogP contribution in [0.2, 0.25) is 0 Å². The summed E-state index contributed by atoms with van der Waals surface area (Å²) >= 11 is 0. The van der Waals surface area contributed by atoms with E-state index in [0.29, 0.717) is 5.56 Å². The van der Waals surface area contributed by atoms with E-state index in [4.69, 9.17) is 11.5 Å². The minimum absolute atomic E-state index is 0.0178. The molecule has 0 spiro atoms. The molecular formula is C23H33N5O9. The van der Waals surface area contributed by atoms with Gasteiger partial charge in [0.25, 0.3) is 0 Å². The number of carboxylic acids is 2. The van der Waals surface area contributed by atoms with Gasteiger partial charge in [-0.25, -0.2) is 4.79 Å². The molecule has 0 aliphatic heterocycles. The number of carbonyl (C=O) groups excluding carboxylic acids is 4. The molecule has 0 aliphatic carbocycles. The minimum Gasteiger partial charge on any atom is -0.508 e. The number of carboxylic acid groups (broad SMARTS) is 2. The van der Waals surface area contributed by atoms with Gasteiger partial charge < -0.3 is 42.7 Å². The lowest BCUT2D eigenvalue weighted by Crippen LogP contribution is -2.58. The molecule has 0 bridgehead atoms. The summed E-state index contributed by atoms with van der Waals surface area (Å²) < 4.78 is 0. The van der Waals surface area contributed by atoms with Crippen LogP contribution in [0.4, 0.5) is 0 Å². The van der Waals surface area contributed by atoms with E-state index < -0.39 is 72.6 Å². The van der Waals surface area contributed by atoms with Gasteiger partial charge in [0.1, 0.15) is 23.9 Å². The number of nitrogens with two attached hydrogens (primary N) is 2. The Kier molecular flexibility index (Phi) is 12.0. The Morgan fingerprint density at radius 3 is 1.81 bits per heavy atom. The summed E-state index contributed by atoms with van der Waals surface area (Å²) in [5.74, 6) is -6.80. The zero-order valence-electron chi connectivity index (χ0n) is 20.5. The Balaban J connectivity index is 2.98. The largest absolute Gasteiger partial charge is 0.508 e. The van der Waals surface area contributed by atoms with Crippen molar-refractivity contribution in [2.45, 2.75) is 63.7 Å². The van der Waals surface area contributed by atoms with Crippen LogP contribution >= 0.6 is 0 Å². The minimum atomic E-state index is -1.64. The van der Waals surface area contributed by atoms with Gasteiger partial charge in [0.2, 0.25) is 23.6 Å². The second-order valence-corrected chi connectivity index (χ2v) is 8.90. The Morgan fingerprint density at radius 1 is 0.811 bits per heavy atom. The van der Waals surface area contributed by atoms with E-state index in [1.807, 2.05) is 0 Å². The molecule has 4 atom stereocenters. The summed E-state index contributed by atoms with van der Waals surface area (Å²) in [4.78, 5) is 72.0. The molecule has 1 aromatic carbocycles. The van der Waals surface area contributed by atoms with Crippen molar-refractivity contribution in [1.29, 1.82) is 0 Å². The number of phenols is 1. The Hall–Kier alpha value is -4.20. The van der Waals surface area contributed by atoms with Gasteiger partial charge in [-0.1, -0.05) is 26.0 Å². The van der Waals surface area contributed by atoms with Crippen LogP contribution in [0.5, 0.6) is 5.75 Å². The highest BCUT2D eigenvalue weighted by molar-refractivity contribution is 5.96. The molecule has 4 unspecified atom stereocenters. The average molecular weight is 524 g/mol. The summed E-state index contributed by atoms with van der Waals surface area (Å²) in [5.41, 5.74) is 11.5. The lowest BCUT2D eigenvalue weighted by molar-refractivity contribution is -0.144. The number of phenolic OH excluding ortho intramolecular Hbond substituents is 1. The molecule has 0 radical (unpaired) electrons. The Morgan fingerprint density at radius 2 is 1.32 bits per heavy atom. The zero-order chi connectivity index (χ0) is 28.3. The molecule has 4 amide bonds. The molecule has 0 saturated heterocycles. The van der Waals surface area contributed by atoms with Crippen LogP contribution in [-0.2, 0) is 35.2 Å². The van der Waals surface area contributed by atoms with E-state index in [1.165, 1.54) is 12.1 Å². The summed E-state index contributed by atoms with van der Waals surface area (Å²) in [6.07, 6.45) is -1.43. The number of primary amides is 1. The number of aliphatic carboxylic acids is 2. The van der Waals surface area contributed by atoms with Crippen LogP contribution in [0.1, 0.15) is 38.7 Å². The number of benzene rings is 1. The maximum atomic E-state index is 12.9. The third kappa shape index (κ3) is 11.4. The number of hydrogen-bond acceptors (Lipinski definition) is 8. The maximum Gasteiger partial charge on any atom is 0.326 e. The number of hydrogen-bond donors (Lipinski definition) is 8. The molecule has 14 heteroatoms. The Labute approximate surface area is 212 Å². The van der Waals surface area contributed by atoms with Gasteiger partial charge in [0, 0.05) is 0 Å². The van der Waals surface area contributed by atoms with E-state index in [9.17, 15) is 44.1 Å². The van der Waals surface area contributed by atoms with Gasteiger partial charge >= 0.3 is 11.9 Å². The van der Waals surface area contributed by atoms with Crippen molar-refractivity contribution < 1.29 is 44.1 Å². The van der Waals surface area contributed by atoms with Crippen molar-refractivity contribution in [2.75, 3.05) is 0 Å². The highest BCUT2D eigenvalue weighted by atomic mass is 16.4. The lowest BCUT2D eigenvalue weighted by Gasteiger charge is -2.25. The van der Waals surface area contributed by atoms with Gasteiger partial charge in [0.15, 0.2) is 0 Å². The van der Waals surface area contributed by atoms with Gasteiger partial charge in [-0.3, -0.25) is 24.0 Å². The van der Waals surface area contributed by atoms with Crippen molar-refractivity contribution in [2.24, 2.45) is 17.4 Å². The first-order valence-electron chi connectivity index (χ1n) is 11.4. The average Bonchev–Trinajstić information content (AvgIpc) is 2.78. The fraction of sp³-hybridized carbons (Fsp3) is 0.478. The lowest BCUT2D eigenvalue weighted by atomic mass is 10.0. The molecule has 0 heterocycles. The second-order valence-electron chi connectivity index (χ2n) is 8.90. The predicted molar refractivity (Wildman–Crippen MR) is 129 cm³/mol. The molecule has 204 valence electrons. The van der Waals surface area contributed by atoms with Crippen LogP contribution in [0, 0.1) is 5.92 Å². The van der Waals surface area contributed by atoms with Crippen LogP contribution in [-0.4, -0.2) is 75.1 Å². The van der Waals surface area contributed by atoms with Gasteiger partial charge in [-0.15, -0.1) is 0 Å². The highest BCUT2D eigenvalue weighted by Gasteiger charge is 2.32. The molecule has 0 aromatic heterocycles. The van der Waals surface area contributed by atoms with Gasteiger partial charge in [-0.05, 0) is 36.5 Å². The topological polar surface area (TPSA) is 251 Å². The Bertz CT molecular complexity index is 997. The van der Waals surface area contributed by atoms with E-state index >= 15 is 0 Å². The first kappa shape index (κ1) is 30.8. The summed E-state index contributed by atoms with van der Waals surface area (Å²) in [6.45, 7) is 3.45.